The zero-order chi connectivity index (χ0) is 17.8. The summed E-state index contributed by atoms with van der Waals surface area (Å²) in [6, 6.07) is -0.964. The highest BCUT2D eigenvalue weighted by Gasteiger charge is 2.29. The molecule has 2 amide bonds. The number of sulfone groups is 1. The Morgan fingerprint density at radius 3 is 2.57 bits per heavy atom. The predicted octanol–water partition coefficient (Wildman–Crippen LogP) is 1.26. The maximum absolute atomic E-state index is 13.7. The van der Waals surface area contributed by atoms with Crippen molar-refractivity contribution in [1.82, 2.24) is 10.6 Å². The van der Waals surface area contributed by atoms with Crippen LogP contribution in [0.2, 0.25) is 0 Å². The molecule has 1 saturated heterocycles. The highest BCUT2D eigenvalue weighted by Crippen LogP contribution is 2.19. The van der Waals surface area contributed by atoms with E-state index in [1.165, 1.54) is 0 Å². The zero-order valence-electron chi connectivity index (χ0n) is 13.7. The van der Waals surface area contributed by atoms with Crippen LogP contribution in [-0.4, -0.2) is 44.9 Å². The Bertz CT molecular complexity index is 595. The average Bonchev–Trinajstić information content (AvgIpc) is 2.70. The number of ether oxygens (including phenoxy) is 1. The van der Waals surface area contributed by atoms with Crippen LogP contribution in [0.3, 0.4) is 0 Å². The number of nitrogens with one attached hydrogen (secondary N) is 2. The minimum absolute atomic E-state index is 0.0913. The maximum Gasteiger partial charge on any atom is 0.408 e. The van der Waals surface area contributed by atoms with Crippen molar-refractivity contribution in [2.75, 3.05) is 12.8 Å². The smallest absolute Gasteiger partial charge is 0.408 e. The molecule has 1 rings (SSSR count). The van der Waals surface area contributed by atoms with Gasteiger partial charge < -0.3 is 15.4 Å². The van der Waals surface area contributed by atoms with Crippen molar-refractivity contribution in [1.29, 1.82) is 0 Å². The van der Waals surface area contributed by atoms with Gasteiger partial charge in [-0.25, -0.2) is 13.2 Å². The van der Waals surface area contributed by atoms with Gasteiger partial charge in [0.15, 0.2) is 0 Å². The van der Waals surface area contributed by atoms with Crippen LogP contribution in [0.4, 0.5) is 9.18 Å². The van der Waals surface area contributed by atoms with E-state index in [0.717, 1.165) is 12.3 Å². The third-order valence-corrected chi connectivity index (χ3v) is 3.93. The number of carbonyl (C=O) groups is 2. The van der Waals surface area contributed by atoms with E-state index in [4.69, 9.17) is 4.74 Å². The van der Waals surface area contributed by atoms with Crippen molar-refractivity contribution in [3.8, 4) is 0 Å². The summed E-state index contributed by atoms with van der Waals surface area (Å²) >= 11 is 0. The van der Waals surface area contributed by atoms with Crippen molar-refractivity contribution >= 4 is 21.8 Å². The van der Waals surface area contributed by atoms with Gasteiger partial charge in [-0.3, -0.25) is 4.79 Å². The van der Waals surface area contributed by atoms with Gasteiger partial charge in [0.2, 0.25) is 20.9 Å². The third-order valence-electron chi connectivity index (χ3n) is 3.09. The van der Waals surface area contributed by atoms with Crippen LogP contribution in [0.15, 0.2) is 11.2 Å². The third kappa shape index (κ3) is 6.98. The number of carbonyl (C=O) groups excluding carboxylic acids is 2. The fraction of sp³-hybridized carbons (Fsp3) is 0.714. The van der Waals surface area contributed by atoms with E-state index in [1.807, 2.05) is 0 Å². The molecule has 1 aliphatic rings. The minimum Gasteiger partial charge on any atom is -0.444 e. The van der Waals surface area contributed by atoms with E-state index in [2.05, 4.69) is 10.6 Å². The number of alkyl carbamates (subject to hydrolysis) is 1. The molecule has 1 aliphatic heterocycles. The van der Waals surface area contributed by atoms with Crippen molar-refractivity contribution < 1.29 is 27.1 Å². The van der Waals surface area contributed by atoms with Crippen molar-refractivity contribution in [3.63, 3.8) is 0 Å². The molecule has 9 heteroatoms. The molecule has 0 aromatic rings. The van der Waals surface area contributed by atoms with Crippen LogP contribution in [0, 0.1) is 5.92 Å². The quantitative estimate of drug-likeness (QED) is 0.777. The first-order valence-electron chi connectivity index (χ1n) is 7.23. The lowest BCUT2D eigenvalue weighted by molar-refractivity contribution is -0.122. The predicted molar refractivity (Wildman–Crippen MR) is 82.9 cm³/mol. The molecule has 0 saturated carbocycles. The molecule has 0 aliphatic carbocycles. The Morgan fingerprint density at radius 1 is 1.52 bits per heavy atom. The minimum atomic E-state index is -4.01. The number of amides is 2. The summed E-state index contributed by atoms with van der Waals surface area (Å²) in [4.78, 5) is 23.4. The first-order chi connectivity index (χ1) is 10.4. The highest BCUT2D eigenvalue weighted by atomic mass is 32.2. The lowest BCUT2D eigenvalue weighted by Crippen LogP contribution is -2.40. The average molecular weight is 350 g/mol. The molecule has 1 heterocycles. The monoisotopic (exact) mass is 350 g/mol. The van der Waals surface area contributed by atoms with Gasteiger partial charge in [0.1, 0.15) is 5.60 Å². The van der Waals surface area contributed by atoms with Gasteiger partial charge in [0.25, 0.3) is 0 Å². The number of hydrogen-bond donors (Lipinski definition) is 2. The van der Waals surface area contributed by atoms with Gasteiger partial charge in [-0.05, 0) is 39.7 Å². The fourth-order valence-corrected chi connectivity index (χ4v) is 2.50. The molecular weight excluding hydrogens is 327 g/mol. The molecule has 23 heavy (non-hydrogen) atoms. The Morgan fingerprint density at radius 2 is 2.13 bits per heavy atom. The fourth-order valence-electron chi connectivity index (χ4n) is 2.09. The molecule has 0 aromatic carbocycles. The Balaban J connectivity index is 2.88. The van der Waals surface area contributed by atoms with Crippen LogP contribution in [0.1, 0.15) is 33.6 Å². The second kappa shape index (κ2) is 7.29. The summed E-state index contributed by atoms with van der Waals surface area (Å²) in [6.45, 7) is 5.50. The van der Waals surface area contributed by atoms with Crippen LogP contribution in [0.5, 0.6) is 0 Å². The zero-order valence-corrected chi connectivity index (χ0v) is 14.5. The van der Waals surface area contributed by atoms with Gasteiger partial charge in [0.05, 0.1) is 6.04 Å². The van der Waals surface area contributed by atoms with Gasteiger partial charge in [-0.15, -0.1) is 0 Å². The van der Waals surface area contributed by atoms with Crippen LogP contribution >= 0.6 is 0 Å². The van der Waals surface area contributed by atoms with Crippen LogP contribution in [-0.2, 0) is 19.4 Å². The Kier molecular flexibility index (Phi) is 6.15. The van der Waals surface area contributed by atoms with Crippen molar-refractivity contribution in [2.45, 2.75) is 45.3 Å². The van der Waals surface area contributed by atoms with E-state index in [9.17, 15) is 22.4 Å². The lowest BCUT2D eigenvalue weighted by atomic mass is 9.98. The lowest BCUT2D eigenvalue weighted by Gasteiger charge is -2.23. The Hall–Kier alpha value is -1.64. The molecule has 0 spiro atoms. The second-order valence-electron chi connectivity index (χ2n) is 6.51. The Labute approximate surface area is 135 Å². The van der Waals surface area contributed by atoms with E-state index in [1.54, 1.807) is 20.8 Å². The van der Waals surface area contributed by atoms with E-state index in [0.29, 0.717) is 13.0 Å². The topological polar surface area (TPSA) is 102 Å². The molecule has 2 N–H and O–H groups in total. The van der Waals surface area contributed by atoms with Crippen LogP contribution < -0.4 is 10.6 Å². The van der Waals surface area contributed by atoms with Gasteiger partial charge in [-0.1, -0.05) is 0 Å². The van der Waals surface area contributed by atoms with Gasteiger partial charge in [0, 0.05) is 18.7 Å². The largest absolute Gasteiger partial charge is 0.444 e. The van der Waals surface area contributed by atoms with Gasteiger partial charge >= 0.3 is 6.09 Å². The molecular formula is C14H23FN2O5S. The number of hydrogen-bond acceptors (Lipinski definition) is 5. The first kappa shape index (κ1) is 19.4. The summed E-state index contributed by atoms with van der Waals surface area (Å²) < 4.78 is 41.2. The molecule has 0 aromatic heterocycles. The first-order valence-corrected chi connectivity index (χ1v) is 9.12. The van der Waals surface area contributed by atoms with E-state index >= 15 is 0 Å². The summed E-state index contributed by atoms with van der Waals surface area (Å²) in [5, 5.41) is 3.69. The maximum atomic E-state index is 13.7. The summed E-state index contributed by atoms with van der Waals surface area (Å²) in [6.07, 6.45) is 1.35. The molecule has 2 atom stereocenters. The van der Waals surface area contributed by atoms with Crippen LogP contribution in [0.25, 0.3) is 0 Å². The molecule has 132 valence electrons. The molecule has 0 unspecified atom stereocenters. The normalized spacial score (nSPS) is 20.8. The number of halogens is 1. The summed E-state index contributed by atoms with van der Waals surface area (Å²) in [7, 11) is -4.01. The standard InChI is InChI=1S/C14H23FN2O5S/c1-14(2,3)22-13(19)17-10(8-11(15)23(4,20)21)7-9-5-6-16-12(9)18/h8-10H,5-7H2,1-4H3,(H,16,18)(H,17,19)/b11-8+/t9-,10-/m0/s1. The van der Waals surface area contributed by atoms with E-state index < -0.39 is 38.7 Å². The van der Waals surface area contributed by atoms with Gasteiger partial charge in [-0.2, -0.15) is 4.39 Å². The van der Waals surface area contributed by atoms with Crippen molar-refractivity contribution in [2.24, 2.45) is 5.92 Å². The SMILES string of the molecule is CC(C)(C)OC(=O)N[C@H](/C=C(\F)S(C)(=O)=O)C[C@@H]1CCNC1=O. The molecule has 1 fully saturated rings. The molecule has 0 bridgehead atoms. The molecule has 7 nitrogen and oxygen atoms in total. The summed E-state index contributed by atoms with van der Waals surface area (Å²) in [5.74, 6) is -0.618. The highest BCUT2D eigenvalue weighted by molar-refractivity contribution is 7.94. The second-order valence-corrected chi connectivity index (χ2v) is 8.44. The molecule has 0 radical (unpaired) electrons. The summed E-state index contributed by atoms with van der Waals surface area (Å²) in [5.41, 5.74) is -0.752. The van der Waals surface area contributed by atoms with Crippen molar-refractivity contribution in [3.05, 3.63) is 11.2 Å². The van der Waals surface area contributed by atoms with E-state index in [-0.39, 0.29) is 12.3 Å². The number of rotatable bonds is 5.